The van der Waals surface area contributed by atoms with Crippen LogP contribution in [0.15, 0.2) is 183 Å². The summed E-state index contributed by atoms with van der Waals surface area (Å²) < 4.78 is 0. The molecule has 10 atom stereocenters. The number of nitrogens with zero attached hydrogens (tertiary/aromatic N) is 10. The summed E-state index contributed by atoms with van der Waals surface area (Å²) >= 11 is 0. The fourth-order valence-electron chi connectivity index (χ4n) is 10.1. The van der Waals surface area contributed by atoms with Crippen LogP contribution in [0.2, 0.25) is 0 Å². The molecule has 0 aliphatic rings. The first-order valence-corrected chi connectivity index (χ1v) is 39.6. The summed E-state index contributed by atoms with van der Waals surface area (Å²) in [5.74, 6) is 0.853. The fraction of sp³-hybridized carbons (Fsp3) is 0.438. The molecule has 0 bridgehead atoms. The van der Waals surface area contributed by atoms with E-state index >= 15 is 0 Å². The summed E-state index contributed by atoms with van der Waals surface area (Å²) in [7, 11) is 0. The van der Waals surface area contributed by atoms with E-state index in [9.17, 15) is 10.2 Å². The number of hydrogen-bond acceptors (Lipinski definition) is 20. The molecule has 0 saturated carbocycles. The molecule has 20 nitrogen and oxygen atoms in total. The van der Waals surface area contributed by atoms with Gasteiger partial charge in [0, 0.05) is 135 Å². The molecule has 5 heterocycles. The second kappa shape index (κ2) is 65.4. The zero-order valence-corrected chi connectivity index (χ0v) is 86.4. The predicted octanol–water partition coefficient (Wildman–Crippen LogP) is 17.4. The van der Waals surface area contributed by atoms with Crippen LogP contribution >= 0.6 is 0 Å². The van der Waals surface area contributed by atoms with Crippen molar-refractivity contribution in [3.05, 3.63) is 253 Å². The van der Waals surface area contributed by atoms with E-state index < -0.39 is 12.2 Å². The summed E-state index contributed by atoms with van der Waals surface area (Å²) in [6.07, 6.45) is 6.44. The van der Waals surface area contributed by atoms with Crippen LogP contribution in [-0.2, 0) is 101 Å². The number of aliphatic hydroxyl groups is 10. The molecule has 11 aromatic rings. The fourth-order valence-corrected chi connectivity index (χ4v) is 10.1. The van der Waals surface area contributed by atoms with Gasteiger partial charge in [-0.05, 0) is 153 Å². The third-order valence-corrected chi connectivity index (χ3v) is 16.5. The Morgan fingerprint density at radius 1 is 0.273 bits per heavy atom. The Morgan fingerprint density at radius 3 is 0.860 bits per heavy atom. The Labute approximate surface area is 790 Å². The molecule has 121 heavy (non-hydrogen) atoms. The third kappa shape index (κ3) is 55.7. The summed E-state index contributed by atoms with van der Waals surface area (Å²) in [5, 5.41) is 90.4. The minimum Gasteiger partial charge on any atom is -0.393 e. The van der Waals surface area contributed by atoms with Gasteiger partial charge in [-0.2, -0.15) is 0 Å². The summed E-state index contributed by atoms with van der Waals surface area (Å²) in [6, 6.07) is 66.0. The molecule has 0 fully saturated rings. The van der Waals surface area contributed by atoms with Crippen LogP contribution in [0.3, 0.4) is 0 Å². The van der Waals surface area contributed by atoms with Gasteiger partial charge in [-0.25, -0.2) is 24.9 Å². The summed E-state index contributed by atoms with van der Waals surface area (Å²) in [4.78, 5) is 41.9. The average molecular weight is 2550 g/mol. The van der Waals surface area contributed by atoms with Crippen LogP contribution in [0.1, 0.15) is 208 Å². The van der Waals surface area contributed by atoms with E-state index in [0.29, 0.717) is 43.9 Å². The van der Waals surface area contributed by atoms with Gasteiger partial charge in [-0.3, -0.25) is 24.9 Å². The van der Waals surface area contributed by atoms with Crippen LogP contribution in [-0.4, -0.2) is 162 Å². The predicted molar refractivity (Wildman–Crippen MR) is 468 cm³/mol. The molecule has 675 valence electrons. The first-order chi connectivity index (χ1) is 54.4. The van der Waals surface area contributed by atoms with E-state index in [1.807, 2.05) is 191 Å². The Hall–Kier alpha value is -6.17. The molecule has 0 saturated heterocycles. The van der Waals surface area contributed by atoms with Gasteiger partial charge < -0.3 is 51.1 Å². The molecule has 6 aromatic carbocycles. The van der Waals surface area contributed by atoms with Crippen LogP contribution in [0.5, 0.6) is 0 Å². The summed E-state index contributed by atoms with van der Waals surface area (Å²) in [5.41, 5.74) is 16.9. The minimum absolute atomic E-state index is 0. The van der Waals surface area contributed by atoms with Gasteiger partial charge in [0.15, 0.2) is 0 Å². The number of hydrogen-bond donors (Lipinski definition) is 10. The Morgan fingerprint density at radius 2 is 0.570 bits per heavy atom. The molecule has 0 amide bonds. The number of rotatable bonds is 17. The molecule has 11 rings (SSSR count). The van der Waals surface area contributed by atoms with Crippen molar-refractivity contribution < 1.29 is 152 Å². The van der Waals surface area contributed by atoms with Gasteiger partial charge in [0.25, 0.3) is 0 Å². The maximum absolute atomic E-state index is 9.76. The molecule has 10 N–H and O–H groups in total. The molecule has 0 spiro atoms. The standard InChI is InChI=1S/C15H11N2.2C13H13N2.2C12H11N2.C11H24O2.4C5H12O2.5Ir/c1-11-8-15(17-10-16-11)14-7-6-12-4-2-3-5-13(12)9-14;2*1-10(2)12-8-13(15-9-14-12)11-6-4-3-5-7-11;1-9-3-5-11(6-4-9)12-7-10(2)13-8-14-12;1-9-4-3-5-11(6-9)12-7-10(2)13-8-14-12;1-10(2,3)8(12)7-9(13)11(4,5)6;4*1-4(6)3-5(2)7;;;;;/h2-6,8-10H,1H3;2*3-6,8-10H,1-2H3;3-5,7-8H,1-2H3;3-4,6-8H,1-2H3;8-9,12-13H,7H2,1-6H3;4*4-7H,3H2,1-2H3;;;;;/q5*-1;;;;;;;;;;. The minimum atomic E-state index is -0.443. The van der Waals surface area contributed by atoms with E-state index in [1.165, 1.54) is 21.9 Å². The van der Waals surface area contributed by atoms with E-state index in [1.54, 1.807) is 87.0 Å². The molecule has 10 unspecified atom stereocenters. The molecule has 5 aromatic heterocycles. The summed E-state index contributed by atoms with van der Waals surface area (Å²) in [6.45, 7) is 43.6. The van der Waals surface area contributed by atoms with Crippen molar-refractivity contribution in [3.63, 3.8) is 0 Å². The Balaban J connectivity index is -0.000000636. The van der Waals surface area contributed by atoms with Crippen molar-refractivity contribution >= 4 is 10.8 Å². The number of aryl methyl sites for hydroxylation is 5. The van der Waals surface area contributed by atoms with E-state index in [2.05, 4.69) is 145 Å². The van der Waals surface area contributed by atoms with Crippen molar-refractivity contribution in [1.82, 2.24) is 49.8 Å². The molecule has 0 aliphatic carbocycles. The smallest absolute Gasteiger partial charge is 0.105 e. The van der Waals surface area contributed by atoms with E-state index in [4.69, 9.17) is 40.9 Å². The quantitative estimate of drug-likeness (QED) is 0.0379. The number of benzene rings is 6. The van der Waals surface area contributed by atoms with Crippen molar-refractivity contribution in [2.45, 2.75) is 264 Å². The first-order valence-electron chi connectivity index (χ1n) is 39.6. The topological polar surface area (TPSA) is 331 Å². The molecular formula is C96H131Ir5N10O10-5. The number of aromatic nitrogens is 10. The maximum atomic E-state index is 9.76. The number of fused-ring (bicyclic) bond motifs is 1. The number of aliphatic hydroxyl groups excluding tert-OH is 10. The molecule has 25 heteroatoms. The second-order valence-electron chi connectivity index (χ2n) is 31.9. The molecule has 0 aliphatic heterocycles. The van der Waals surface area contributed by atoms with Crippen LogP contribution in [0, 0.1) is 75.8 Å². The van der Waals surface area contributed by atoms with Gasteiger partial charge in [0.2, 0.25) is 0 Å². The zero-order valence-electron chi connectivity index (χ0n) is 74.4. The van der Waals surface area contributed by atoms with Gasteiger partial charge in [0.05, 0.1) is 61.0 Å². The van der Waals surface area contributed by atoms with Crippen LogP contribution in [0.25, 0.3) is 67.1 Å². The molecule has 5 radical (unpaired) electrons. The molecular weight excluding hydrogens is 2410 g/mol. The van der Waals surface area contributed by atoms with E-state index in [0.717, 1.165) is 84.8 Å². The monoisotopic (exact) mass is 2550 g/mol. The van der Waals surface area contributed by atoms with Crippen molar-refractivity contribution in [3.8, 4) is 56.3 Å². The van der Waals surface area contributed by atoms with Crippen LogP contribution in [0.4, 0.5) is 0 Å². The second-order valence-corrected chi connectivity index (χ2v) is 31.9. The van der Waals surface area contributed by atoms with Gasteiger partial charge in [0.1, 0.15) is 31.6 Å². The van der Waals surface area contributed by atoms with Crippen molar-refractivity contribution in [1.29, 1.82) is 0 Å². The van der Waals surface area contributed by atoms with Crippen molar-refractivity contribution in [2.24, 2.45) is 10.8 Å². The van der Waals surface area contributed by atoms with Gasteiger partial charge in [-0.1, -0.05) is 143 Å². The average Bonchev–Trinajstić information content (AvgIpc) is 0.827. The SMILES string of the molecule is CC(C)(C)C(O)CC(O)C(C)(C)C.CC(C)c1cc(-c2[c-]cccc2)ncn1.CC(C)c1cc(-c2[c-]cccc2)ncn1.CC(O)CC(C)O.CC(O)CC(C)O.CC(O)CC(C)O.CC(O)CC(C)O.Cc1c[c-]c(-c2cc(C)ncn2)cc1.Cc1cc(-c2[c-]cc3ccccc3c2)ncn1.Cc1cc[c-]c(-c2cc(C)ncn2)c1.[Ir].[Ir].[Ir].[Ir].[Ir]. The normalized spacial score (nSPS) is 12.8. The van der Waals surface area contributed by atoms with Gasteiger partial charge >= 0.3 is 0 Å². The third-order valence-electron chi connectivity index (χ3n) is 16.5. The first kappa shape index (κ1) is 121. The zero-order chi connectivity index (χ0) is 87.3. The Kier molecular flexibility index (Phi) is 65.5. The maximum Gasteiger partial charge on any atom is 0.105 e. The Bertz CT molecular complexity index is 4220. The van der Waals surface area contributed by atoms with Crippen molar-refractivity contribution in [2.75, 3.05) is 0 Å². The van der Waals surface area contributed by atoms with Crippen LogP contribution < -0.4 is 0 Å². The van der Waals surface area contributed by atoms with Gasteiger partial charge in [-0.15, -0.1) is 172 Å². The largest absolute Gasteiger partial charge is 0.393 e. The van der Waals surface area contributed by atoms with E-state index in [-0.39, 0.29) is 160 Å².